The van der Waals surface area contributed by atoms with Gasteiger partial charge in [0.2, 0.25) is 5.91 Å². The summed E-state index contributed by atoms with van der Waals surface area (Å²) in [6.45, 7) is 0.947. The van der Waals surface area contributed by atoms with Crippen LogP contribution in [0.1, 0.15) is 16.1 Å². The number of carbonyl (C=O) groups excluding carboxylic acids is 2. The van der Waals surface area contributed by atoms with Crippen LogP contribution in [-0.4, -0.2) is 23.5 Å². The quantitative estimate of drug-likeness (QED) is 0.605. The lowest BCUT2D eigenvalue weighted by atomic mass is 10.1. The molecular weight excluding hydrogens is 411 g/mol. The van der Waals surface area contributed by atoms with Gasteiger partial charge in [-0.2, -0.15) is 0 Å². The summed E-state index contributed by atoms with van der Waals surface area (Å²) in [6, 6.07) is 8.22. The minimum absolute atomic E-state index is 0.0740. The molecule has 29 heavy (non-hydrogen) atoms. The van der Waals surface area contributed by atoms with Crippen LogP contribution >= 0.6 is 11.6 Å². The average molecular weight is 424 g/mol. The summed E-state index contributed by atoms with van der Waals surface area (Å²) in [5.74, 6) is -5.97. The normalized spacial score (nSPS) is 10.7. The van der Waals surface area contributed by atoms with E-state index in [0.717, 1.165) is 6.07 Å². The second-order valence-corrected chi connectivity index (χ2v) is 6.30. The van der Waals surface area contributed by atoms with Gasteiger partial charge in [-0.15, -0.1) is 0 Å². The van der Waals surface area contributed by atoms with E-state index in [-0.39, 0.29) is 17.0 Å². The lowest BCUT2D eigenvalue weighted by Gasteiger charge is -2.09. The molecule has 0 spiro atoms. The molecule has 0 radical (unpaired) electrons. The summed E-state index contributed by atoms with van der Waals surface area (Å²) in [6.07, 6.45) is 0. The first-order valence-corrected chi connectivity index (χ1v) is 8.60. The Hall–Kier alpha value is -3.33. The molecule has 0 bridgehead atoms. The van der Waals surface area contributed by atoms with Gasteiger partial charge in [0.05, 0.1) is 17.3 Å². The molecule has 0 aliphatic rings. The Labute approximate surface area is 167 Å². The minimum Gasteiger partial charge on any atom is -0.360 e. The van der Waals surface area contributed by atoms with E-state index in [1.165, 1.54) is 6.92 Å². The highest BCUT2D eigenvalue weighted by Crippen LogP contribution is 2.30. The van der Waals surface area contributed by atoms with Crippen LogP contribution < -0.4 is 10.6 Å². The summed E-state index contributed by atoms with van der Waals surface area (Å²) < 4.78 is 44.9. The van der Waals surface area contributed by atoms with Crippen LogP contribution in [0.3, 0.4) is 0 Å². The van der Waals surface area contributed by atoms with Crippen LogP contribution in [0.2, 0.25) is 5.02 Å². The van der Waals surface area contributed by atoms with E-state index in [0.29, 0.717) is 16.7 Å². The van der Waals surface area contributed by atoms with Crippen molar-refractivity contribution in [2.24, 2.45) is 0 Å². The molecule has 0 saturated carbocycles. The first-order chi connectivity index (χ1) is 13.8. The predicted octanol–water partition coefficient (Wildman–Crippen LogP) is 4.09. The molecule has 2 amide bonds. The van der Waals surface area contributed by atoms with E-state index in [9.17, 15) is 22.8 Å². The highest BCUT2D eigenvalue weighted by atomic mass is 35.5. The maximum atomic E-state index is 13.6. The molecule has 0 unspecified atom stereocenters. The number of halogens is 4. The number of rotatable bonds is 5. The van der Waals surface area contributed by atoms with Crippen molar-refractivity contribution in [1.82, 2.24) is 10.5 Å². The number of benzene rings is 2. The summed E-state index contributed by atoms with van der Waals surface area (Å²) in [5.41, 5.74) is 0.174. The first-order valence-electron chi connectivity index (χ1n) is 8.22. The number of hydrogen-bond donors (Lipinski definition) is 2. The molecular formula is C19H13ClF3N3O3. The molecule has 1 aromatic heterocycles. The zero-order valence-electron chi connectivity index (χ0n) is 14.9. The van der Waals surface area contributed by atoms with Gasteiger partial charge < -0.3 is 15.2 Å². The van der Waals surface area contributed by atoms with Gasteiger partial charge >= 0.3 is 0 Å². The van der Waals surface area contributed by atoms with Crippen molar-refractivity contribution in [3.63, 3.8) is 0 Å². The average Bonchev–Trinajstić information content (AvgIpc) is 3.08. The second kappa shape index (κ2) is 8.36. The largest absolute Gasteiger partial charge is 0.360 e. The number of nitrogens with one attached hydrogen (secondary N) is 2. The molecule has 0 aliphatic carbocycles. The maximum absolute atomic E-state index is 13.6. The highest BCUT2D eigenvalue weighted by Gasteiger charge is 2.23. The highest BCUT2D eigenvalue weighted by molar-refractivity contribution is 6.33. The van der Waals surface area contributed by atoms with E-state index in [1.807, 2.05) is 0 Å². The lowest BCUT2D eigenvalue weighted by Crippen LogP contribution is -2.33. The van der Waals surface area contributed by atoms with Crippen LogP contribution in [0.15, 0.2) is 40.9 Å². The third-order valence-corrected chi connectivity index (χ3v) is 4.27. The van der Waals surface area contributed by atoms with Crippen molar-refractivity contribution in [1.29, 1.82) is 0 Å². The molecule has 150 valence electrons. The van der Waals surface area contributed by atoms with Gasteiger partial charge in [0.1, 0.15) is 17.0 Å². The fraction of sp³-hybridized carbons (Fsp3) is 0.105. The van der Waals surface area contributed by atoms with Crippen molar-refractivity contribution in [2.75, 3.05) is 11.9 Å². The van der Waals surface area contributed by atoms with E-state index < -0.39 is 41.5 Å². The fourth-order valence-electron chi connectivity index (χ4n) is 2.54. The number of amides is 2. The Morgan fingerprint density at radius 1 is 1.10 bits per heavy atom. The topological polar surface area (TPSA) is 84.2 Å². The summed E-state index contributed by atoms with van der Waals surface area (Å²) in [7, 11) is 0. The van der Waals surface area contributed by atoms with Gasteiger partial charge in [0, 0.05) is 5.56 Å². The number of carbonyl (C=O) groups is 2. The van der Waals surface area contributed by atoms with E-state index in [4.69, 9.17) is 16.1 Å². The van der Waals surface area contributed by atoms with Crippen molar-refractivity contribution in [2.45, 2.75) is 6.92 Å². The Balaban J connectivity index is 1.72. The molecule has 1 heterocycles. The summed E-state index contributed by atoms with van der Waals surface area (Å²) in [5, 5.41) is 8.58. The van der Waals surface area contributed by atoms with Crippen LogP contribution in [-0.2, 0) is 4.79 Å². The number of aromatic nitrogens is 1. The van der Waals surface area contributed by atoms with E-state index in [1.54, 1.807) is 24.3 Å². The van der Waals surface area contributed by atoms with Gasteiger partial charge in [0.25, 0.3) is 5.91 Å². The van der Waals surface area contributed by atoms with Crippen LogP contribution in [0, 0.1) is 24.4 Å². The second-order valence-electron chi connectivity index (χ2n) is 5.90. The Kier molecular flexibility index (Phi) is 5.88. The number of anilines is 1. The minimum atomic E-state index is -1.71. The summed E-state index contributed by atoms with van der Waals surface area (Å²) >= 11 is 6.13. The standard InChI is InChI=1S/C19H13ClF3N3O3/c1-9-15(18(26-29-9)10-4-2-3-5-11(10)20)19(28)24-8-14(27)25-13-7-6-12(21)16(22)17(13)23/h2-7H,8H2,1H3,(H,24,28)(H,25,27). The number of aryl methyl sites for hydroxylation is 1. The van der Waals surface area contributed by atoms with E-state index >= 15 is 0 Å². The molecule has 2 aromatic carbocycles. The molecule has 0 aliphatic heterocycles. The smallest absolute Gasteiger partial charge is 0.257 e. The molecule has 2 N–H and O–H groups in total. The zero-order chi connectivity index (χ0) is 21.1. The van der Waals surface area contributed by atoms with Crippen LogP contribution in [0.25, 0.3) is 11.3 Å². The lowest BCUT2D eigenvalue weighted by molar-refractivity contribution is -0.115. The third-order valence-electron chi connectivity index (χ3n) is 3.94. The first kappa shape index (κ1) is 20.4. The number of nitrogens with zero attached hydrogens (tertiary/aromatic N) is 1. The SMILES string of the molecule is Cc1onc(-c2ccccc2Cl)c1C(=O)NCC(=O)Nc1ccc(F)c(F)c1F. The van der Waals surface area contributed by atoms with Gasteiger partial charge in [-0.3, -0.25) is 9.59 Å². The molecule has 3 rings (SSSR count). The summed E-state index contributed by atoms with van der Waals surface area (Å²) in [4.78, 5) is 24.5. The van der Waals surface area contributed by atoms with Gasteiger partial charge in [-0.25, -0.2) is 13.2 Å². The van der Waals surface area contributed by atoms with Crippen LogP contribution in [0.5, 0.6) is 0 Å². The monoisotopic (exact) mass is 423 g/mol. The third kappa shape index (κ3) is 4.24. The van der Waals surface area contributed by atoms with Gasteiger partial charge in [-0.05, 0) is 25.1 Å². The molecule has 3 aromatic rings. The van der Waals surface area contributed by atoms with Crippen LogP contribution in [0.4, 0.5) is 18.9 Å². The van der Waals surface area contributed by atoms with Crippen molar-refractivity contribution < 1.29 is 27.3 Å². The fourth-order valence-corrected chi connectivity index (χ4v) is 2.77. The molecule has 6 nitrogen and oxygen atoms in total. The maximum Gasteiger partial charge on any atom is 0.257 e. The molecule has 0 atom stereocenters. The van der Waals surface area contributed by atoms with Gasteiger partial charge in [-0.1, -0.05) is 35.0 Å². The van der Waals surface area contributed by atoms with Gasteiger partial charge in [0.15, 0.2) is 17.5 Å². The predicted molar refractivity (Wildman–Crippen MR) is 99.0 cm³/mol. The zero-order valence-corrected chi connectivity index (χ0v) is 15.6. The van der Waals surface area contributed by atoms with Crippen molar-refractivity contribution in [3.8, 4) is 11.3 Å². The molecule has 0 saturated heterocycles. The Morgan fingerprint density at radius 2 is 1.83 bits per heavy atom. The van der Waals surface area contributed by atoms with E-state index in [2.05, 4.69) is 15.8 Å². The Morgan fingerprint density at radius 3 is 2.55 bits per heavy atom. The molecule has 0 fully saturated rings. The van der Waals surface area contributed by atoms with Crippen molar-refractivity contribution in [3.05, 3.63) is 70.2 Å². The number of hydrogen-bond acceptors (Lipinski definition) is 4. The Bertz CT molecular complexity index is 1100. The molecule has 10 heteroatoms. The van der Waals surface area contributed by atoms with Crippen molar-refractivity contribution >= 4 is 29.1 Å².